The van der Waals surface area contributed by atoms with E-state index >= 15 is 0 Å². The number of aryl methyl sites for hydroxylation is 1. The minimum Gasteiger partial charge on any atom is -0.491 e. The predicted octanol–water partition coefficient (Wildman–Crippen LogP) is 3.86. The zero-order valence-corrected chi connectivity index (χ0v) is 21.8. The summed E-state index contributed by atoms with van der Waals surface area (Å²) < 4.78 is 13.2. The summed E-state index contributed by atoms with van der Waals surface area (Å²) in [5.41, 5.74) is 3.26. The molecule has 1 aromatic carbocycles. The topological polar surface area (TPSA) is 85.6 Å². The number of guanidine groups is 1. The summed E-state index contributed by atoms with van der Waals surface area (Å²) in [4.78, 5) is 13.2. The summed E-state index contributed by atoms with van der Waals surface area (Å²) in [5, 5.41) is 6.69. The van der Waals surface area contributed by atoms with Gasteiger partial charge in [0.15, 0.2) is 5.96 Å². The van der Waals surface area contributed by atoms with Crippen LogP contribution in [-0.4, -0.2) is 46.9 Å². The predicted molar refractivity (Wildman–Crippen MR) is 142 cm³/mol. The maximum Gasteiger partial charge on any atom is 0.191 e. The lowest BCUT2D eigenvalue weighted by Crippen LogP contribution is -2.36. The molecule has 0 fully saturated rings. The number of aromatic nitrogens is 3. The largest absolute Gasteiger partial charge is 0.491 e. The molecule has 0 spiro atoms. The van der Waals surface area contributed by atoms with Crippen molar-refractivity contribution in [3.8, 4) is 11.6 Å². The number of imidazole rings is 1. The van der Waals surface area contributed by atoms with Crippen molar-refractivity contribution < 1.29 is 9.47 Å². The van der Waals surface area contributed by atoms with E-state index in [1.807, 2.05) is 42.9 Å². The fourth-order valence-corrected chi connectivity index (χ4v) is 3.05. The van der Waals surface area contributed by atoms with Crippen LogP contribution >= 0.6 is 24.0 Å². The summed E-state index contributed by atoms with van der Waals surface area (Å²) in [6, 6.07) is 10.2. The lowest BCUT2D eigenvalue weighted by Gasteiger charge is -2.15. The molecule has 178 valence electrons. The molecule has 0 saturated carbocycles. The maximum atomic E-state index is 5.94. The Morgan fingerprint density at radius 3 is 2.70 bits per heavy atom. The van der Waals surface area contributed by atoms with Crippen molar-refractivity contribution in [2.24, 2.45) is 4.99 Å². The average molecular weight is 564 g/mol. The number of pyridine rings is 1. The minimum absolute atomic E-state index is 0. The third-order valence-electron chi connectivity index (χ3n) is 4.70. The average Bonchev–Trinajstić information content (AvgIpc) is 3.35. The van der Waals surface area contributed by atoms with E-state index in [0.29, 0.717) is 32.9 Å². The Kier molecular flexibility index (Phi) is 11.7. The van der Waals surface area contributed by atoms with Gasteiger partial charge in [-0.3, -0.25) is 4.57 Å². The van der Waals surface area contributed by atoms with Crippen molar-refractivity contribution in [1.82, 2.24) is 25.2 Å². The molecule has 0 aliphatic carbocycles. The highest BCUT2D eigenvalue weighted by Crippen LogP contribution is 2.20. The molecular formula is C24H33IN6O2. The van der Waals surface area contributed by atoms with Crippen LogP contribution in [0.4, 0.5) is 0 Å². The smallest absolute Gasteiger partial charge is 0.191 e. The molecule has 8 nitrogen and oxygen atoms in total. The summed E-state index contributed by atoms with van der Waals surface area (Å²) >= 11 is 0. The number of nitrogens with zero attached hydrogens (tertiary/aromatic N) is 4. The van der Waals surface area contributed by atoms with Gasteiger partial charge in [0.1, 0.15) is 24.5 Å². The Hall–Kier alpha value is -2.66. The standard InChI is InChI=1S/C24H32N6O2.HI/c1-4-26-24(28-16-20-7-9-23(27-15-20)30-11-10-25-18-30)29-17-21-8-6-19(3)14-22(21)32-13-12-31-5-2;/h6-11,14-15,18H,4-5,12-13,16-17H2,1-3H3,(H2,26,28,29);1H. The van der Waals surface area contributed by atoms with E-state index in [9.17, 15) is 0 Å². The van der Waals surface area contributed by atoms with Gasteiger partial charge in [-0.2, -0.15) is 0 Å². The number of rotatable bonds is 11. The van der Waals surface area contributed by atoms with Crippen molar-refractivity contribution >= 4 is 29.9 Å². The molecule has 0 atom stereocenters. The Morgan fingerprint density at radius 2 is 2.00 bits per heavy atom. The van der Waals surface area contributed by atoms with Crippen LogP contribution in [0.15, 0.2) is 60.2 Å². The number of hydrogen-bond donors (Lipinski definition) is 2. The highest BCUT2D eigenvalue weighted by atomic mass is 127. The molecule has 2 N–H and O–H groups in total. The van der Waals surface area contributed by atoms with E-state index in [-0.39, 0.29) is 24.0 Å². The molecule has 2 heterocycles. The van der Waals surface area contributed by atoms with Gasteiger partial charge in [-0.1, -0.05) is 18.2 Å². The first kappa shape index (κ1) is 26.6. The van der Waals surface area contributed by atoms with E-state index in [2.05, 4.69) is 45.7 Å². The van der Waals surface area contributed by atoms with Crippen molar-refractivity contribution in [1.29, 1.82) is 0 Å². The van der Waals surface area contributed by atoms with Crippen LogP contribution in [0.1, 0.15) is 30.5 Å². The molecule has 33 heavy (non-hydrogen) atoms. The Bertz CT molecular complexity index is 977. The van der Waals surface area contributed by atoms with Gasteiger partial charge < -0.3 is 20.1 Å². The molecule has 0 aliphatic rings. The molecule has 0 unspecified atom stereocenters. The third-order valence-corrected chi connectivity index (χ3v) is 4.70. The van der Waals surface area contributed by atoms with E-state index in [1.165, 1.54) is 0 Å². The Labute approximate surface area is 212 Å². The molecule has 0 amide bonds. The van der Waals surface area contributed by atoms with Gasteiger partial charge in [0, 0.05) is 43.9 Å². The number of halogens is 1. The van der Waals surface area contributed by atoms with Crippen LogP contribution in [0, 0.1) is 6.92 Å². The molecule has 0 bridgehead atoms. The number of benzene rings is 1. The minimum atomic E-state index is 0. The van der Waals surface area contributed by atoms with Crippen LogP contribution in [-0.2, 0) is 17.8 Å². The normalized spacial score (nSPS) is 11.1. The van der Waals surface area contributed by atoms with Crippen LogP contribution in [0.2, 0.25) is 0 Å². The van der Waals surface area contributed by atoms with Gasteiger partial charge in [-0.25, -0.2) is 15.0 Å². The zero-order valence-electron chi connectivity index (χ0n) is 19.5. The fourth-order valence-electron chi connectivity index (χ4n) is 3.05. The fraction of sp³-hybridized carbons (Fsp3) is 0.375. The molecule has 0 radical (unpaired) electrons. The first-order valence-electron chi connectivity index (χ1n) is 10.9. The SMILES string of the molecule is CCNC(=NCc1ccc(-n2ccnc2)nc1)NCc1ccc(C)cc1OCCOCC.I. The van der Waals surface area contributed by atoms with Crippen LogP contribution in [0.5, 0.6) is 5.75 Å². The number of hydrogen-bond acceptors (Lipinski definition) is 5. The molecule has 9 heteroatoms. The second-order valence-corrected chi connectivity index (χ2v) is 7.20. The highest BCUT2D eigenvalue weighted by molar-refractivity contribution is 14.0. The molecule has 3 rings (SSSR count). The first-order chi connectivity index (χ1) is 15.7. The highest BCUT2D eigenvalue weighted by Gasteiger charge is 2.06. The van der Waals surface area contributed by atoms with Gasteiger partial charge in [-0.05, 0) is 44.0 Å². The van der Waals surface area contributed by atoms with Crippen LogP contribution in [0.3, 0.4) is 0 Å². The van der Waals surface area contributed by atoms with E-state index in [1.54, 1.807) is 12.5 Å². The summed E-state index contributed by atoms with van der Waals surface area (Å²) in [5.74, 6) is 2.44. The number of aliphatic imine (C=N–C) groups is 1. The number of ether oxygens (including phenoxy) is 2. The second kappa shape index (κ2) is 14.5. The zero-order chi connectivity index (χ0) is 22.6. The monoisotopic (exact) mass is 564 g/mol. The summed E-state index contributed by atoms with van der Waals surface area (Å²) in [7, 11) is 0. The van der Waals surface area contributed by atoms with Gasteiger partial charge in [-0.15, -0.1) is 24.0 Å². The Morgan fingerprint density at radius 1 is 1.12 bits per heavy atom. The van der Waals surface area contributed by atoms with Gasteiger partial charge in [0.25, 0.3) is 0 Å². The van der Waals surface area contributed by atoms with Crippen molar-refractivity contribution in [2.45, 2.75) is 33.9 Å². The van der Waals surface area contributed by atoms with E-state index in [0.717, 1.165) is 40.8 Å². The molecule has 0 saturated heterocycles. The molecule has 3 aromatic rings. The lowest BCUT2D eigenvalue weighted by molar-refractivity contribution is 0.110. The van der Waals surface area contributed by atoms with Gasteiger partial charge in [0.2, 0.25) is 0 Å². The molecule has 0 aliphatic heterocycles. The van der Waals surface area contributed by atoms with E-state index < -0.39 is 0 Å². The van der Waals surface area contributed by atoms with E-state index in [4.69, 9.17) is 14.5 Å². The Balaban J connectivity index is 0.00000385. The van der Waals surface area contributed by atoms with Gasteiger partial charge >= 0.3 is 0 Å². The summed E-state index contributed by atoms with van der Waals surface area (Å²) in [6.45, 7) is 9.79. The second-order valence-electron chi connectivity index (χ2n) is 7.20. The van der Waals surface area contributed by atoms with Crippen LogP contribution in [0.25, 0.3) is 5.82 Å². The molecular weight excluding hydrogens is 531 g/mol. The van der Waals surface area contributed by atoms with Gasteiger partial charge in [0.05, 0.1) is 13.2 Å². The van der Waals surface area contributed by atoms with Crippen molar-refractivity contribution in [3.63, 3.8) is 0 Å². The quantitative estimate of drug-likeness (QED) is 0.159. The maximum absolute atomic E-state index is 5.94. The van der Waals surface area contributed by atoms with Crippen molar-refractivity contribution in [3.05, 3.63) is 71.9 Å². The first-order valence-corrected chi connectivity index (χ1v) is 10.9. The van der Waals surface area contributed by atoms with Crippen molar-refractivity contribution in [2.75, 3.05) is 26.4 Å². The third kappa shape index (κ3) is 8.65. The molecule has 2 aromatic heterocycles. The number of nitrogens with one attached hydrogen (secondary N) is 2. The van der Waals surface area contributed by atoms with Crippen LogP contribution < -0.4 is 15.4 Å². The lowest BCUT2D eigenvalue weighted by atomic mass is 10.1. The summed E-state index contributed by atoms with van der Waals surface area (Å²) in [6.07, 6.45) is 7.17.